The number of hydrogen-bond donors (Lipinski definition) is 0. The molecule has 4 rings (SSSR count). The maximum Gasteiger partial charge on any atom is 0.289 e. The minimum absolute atomic E-state index is 0.201. The Morgan fingerprint density at radius 3 is 2.58 bits per heavy atom. The molecular weight excluding hydrogens is 423 g/mol. The van der Waals surface area contributed by atoms with Crippen LogP contribution in [-0.4, -0.2) is 45.3 Å². The van der Waals surface area contributed by atoms with Gasteiger partial charge in [0.1, 0.15) is 35.5 Å². The van der Waals surface area contributed by atoms with E-state index < -0.39 is 5.54 Å². The first-order chi connectivity index (χ1) is 15.7. The Balaban J connectivity index is 1.66. The monoisotopic (exact) mass is 450 g/mol. The first kappa shape index (κ1) is 22.5. The van der Waals surface area contributed by atoms with Crippen molar-refractivity contribution in [2.75, 3.05) is 13.7 Å². The molecule has 1 fully saturated rings. The lowest BCUT2D eigenvalue weighted by molar-refractivity contribution is -0.146. The van der Waals surface area contributed by atoms with Gasteiger partial charge in [-0.1, -0.05) is 18.2 Å². The van der Waals surface area contributed by atoms with E-state index in [1.807, 2.05) is 45.9 Å². The zero-order valence-electron chi connectivity index (χ0n) is 19.4. The Morgan fingerprint density at radius 2 is 1.94 bits per heavy atom. The average molecular weight is 451 g/mol. The quantitative estimate of drug-likeness (QED) is 0.544. The molecule has 0 bridgehead atoms. The van der Waals surface area contributed by atoms with Crippen molar-refractivity contribution in [3.8, 4) is 11.4 Å². The summed E-state index contributed by atoms with van der Waals surface area (Å²) in [5.41, 5.74) is 1.70. The Labute approximate surface area is 192 Å². The van der Waals surface area contributed by atoms with E-state index in [2.05, 4.69) is 10.1 Å². The summed E-state index contributed by atoms with van der Waals surface area (Å²) in [4.78, 5) is 19.3. The lowest BCUT2D eigenvalue weighted by Gasteiger charge is -2.43. The highest BCUT2D eigenvalue weighted by molar-refractivity contribution is 5.97. The van der Waals surface area contributed by atoms with Crippen LogP contribution in [0.3, 0.4) is 0 Å². The number of carbonyl (C=O) groups is 1. The first-order valence-corrected chi connectivity index (χ1v) is 10.7. The van der Waals surface area contributed by atoms with Crippen molar-refractivity contribution < 1.29 is 18.7 Å². The molecule has 1 aromatic heterocycles. The second kappa shape index (κ2) is 8.69. The van der Waals surface area contributed by atoms with Crippen LogP contribution in [0.1, 0.15) is 37.7 Å². The normalized spacial score (nSPS) is 17.9. The van der Waals surface area contributed by atoms with Gasteiger partial charge in [0.15, 0.2) is 5.76 Å². The molecule has 172 valence electrons. The van der Waals surface area contributed by atoms with Gasteiger partial charge >= 0.3 is 0 Å². The minimum Gasteiger partial charge on any atom is -0.494 e. The number of methoxy groups -OCH3 is 1. The van der Waals surface area contributed by atoms with E-state index in [4.69, 9.17) is 9.47 Å². The fourth-order valence-corrected chi connectivity index (χ4v) is 3.96. The third-order valence-electron chi connectivity index (χ3n) is 5.80. The van der Waals surface area contributed by atoms with Gasteiger partial charge in [-0.3, -0.25) is 4.79 Å². The third kappa shape index (κ3) is 4.46. The SMILES string of the molecule is COc1cc(C=C2O[C@@H](C)CN(C(C)(C)c3ccc(F)cc3)C2=O)ccc1-n1cnc(C)n1. The summed E-state index contributed by atoms with van der Waals surface area (Å²) >= 11 is 0. The second-order valence-electron chi connectivity index (χ2n) is 8.59. The van der Waals surface area contributed by atoms with Gasteiger partial charge in [-0.15, -0.1) is 0 Å². The fourth-order valence-electron chi connectivity index (χ4n) is 3.96. The number of carbonyl (C=O) groups excluding carboxylic acids is 1. The number of nitrogens with zero attached hydrogens (tertiary/aromatic N) is 4. The molecule has 0 spiro atoms. The summed E-state index contributed by atoms with van der Waals surface area (Å²) in [6.07, 6.45) is 3.13. The number of halogens is 1. The Hall–Kier alpha value is -3.68. The molecule has 2 heterocycles. The Kier molecular flexibility index (Phi) is 5.93. The average Bonchev–Trinajstić information content (AvgIpc) is 3.22. The maximum atomic E-state index is 13.4. The summed E-state index contributed by atoms with van der Waals surface area (Å²) in [5, 5.41) is 4.33. The van der Waals surface area contributed by atoms with Crippen LogP contribution in [-0.2, 0) is 15.1 Å². The molecule has 33 heavy (non-hydrogen) atoms. The van der Waals surface area contributed by atoms with Crippen LogP contribution in [0.4, 0.5) is 4.39 Å². The van der Waals surface area contributed by atoms with Crippen LogP contribution in [0, 0.1) is 12.7 Å². The largest absolute Gasteiger partial charge is 0.494 e. The number of hydrogen-bond acceptors (Lipinski definition) is 5. The molecule has 0 saturated carbocycles. The van der Waals surface area contributed by atoms with Gasteiger partial charge < -0.3 is 14.4 Å². The predicted octanol–water partition coefficient (Wildman–Crippen LogP) is 4.25. The molecule has 1 aliphatic heterocycles. The van der Waals surface area contributed by atoms with Gasteiger partial charge in [0.05, 0.1) is 19.2 Å². The van der Waals surface area contributed by atoms with Crippen molar-refractivity contribution in [2.45, 2.75) is 39.3 Å². The first-order valence-electron chi connectivity index (χ1n) is 10.7. The van der Waals surface area contributed by atoms with E-state index >= 15 is 0 Å². The van der Waals surface area contributed by atoms with Crippen LogP contribution in [0.2, 0.25) is 0 Å². The third-order valence-corrected chi connectivity index (χ3v) is 5.80. The molecule has 1 saturated heterocycles. The van der Waals surface area contributed by atoms with Gasteiger partial charge in [0, 0.05) is 0 Å². The summed E-state index contributed by atoms with van der Waals surface area (Å²) in [6.45, 7) is 8.06. The van der Waals surface area contributed by atoms with E-state index in [1.165, 1.54) is 12.1 Å². The van der Waals surface area contributed by atoms with Crippen molar-refractivity contribution in [1.29, 1.82) is 0 Å². The summed E-state index contributed by atoms with van der Waals surface area (Å²) in [7, 11) is 1.58. The van der Waals surface area contributed by atoms with Crippen LogP contribution >= 0.6 is 0 Å². The number of amides is 1. The molecule has 1 atom stereocenters. The Bertz CT molecular complexity index is 1200. The van der Waals surface area contributed by atoms with Crippen molar-refractivity contribution in [2.24, 2.45) is 0 Å². The van der Waals surface area contributed by atoms with Gasteiger partial charge in [-0.2, -0.15) is 5.10 Å². The second-order valence-corrected chi connectivity index (χ2v) is 8.59. The van der Waals surface area contributed by atoms with Crippen molar-refractivity contribution in [1.82, 2.24) is 19.7 Å². The van der Waals surface area contributed by atoms with Crippen LogP contribution in [0.5, 0.6) is 5.75 Å². The zero-order chi connectivity index (χ0) is 23.8. The number of ether oxygens (including phenoxy) is 2. The molecule has 0 aliphatic carbocycles. The van der Waals surface area contributed by atoms with E-state index in [0.29, 0.717) is 18.1 Å². The predicted molar refractivity (Wildman–Crippen MR) is 122 cm³/mol. The molecule has 7 nitrogen and oxygen atoms in total. The van der Waals surface area contributed by atoms with Gasteiger partial charge in [0.25, 0.3) is 5.91 Å². The number of rotatable bonds is 5. The number of aryl methyl sites for hydroxylation is 1. The van der Waals surface area contributed by atoms with Crippen molar-refractivity contribution in [3.05, 3.63) is 77.3 Å². The van der Waals surface area contributed by atoms with Gasteiger partial charge in [-0.05, 0) is 69.2 Å². The van der Waals surface area contributed by atoms with Crippen molar-refractivity contribution >= 4 is 12.0 Å². The topological polar surface area (TPSA) is 69.5 Å². The number of benzene rings is 2. The van der Waals surface area contributed by atoms with E-state index in [9.17, 15) is 9.18 Å². The smallest absolute Gasteiger partial charge is 0.289 e. The van der Waals surface area contributed by atoms with E-state index in [-0.39, 0.29) is 23.6 Å². The molecule has 2 aromatic carbocycles. The maximum absolute atomic E-state index is 13.4. The zero-order valence-corrected chi connectivity index (χ0v) is 19.4. The number of aromatic nitrogens is 3. The lowest BCUT2D eigenvalue weighted by Crippen LogP contribution is -2.53. The van der Waals surface area contributed by atoms with Crippen molar-refractivity contribution in [3.63, 3.8) is 0 Å². The minimum atomic E-state index is -0.644. The van der Waals surface area contributed by atoms with Crippen LogP contribution in [0.25, 0.3) is 11.8 Å². The highest BCUT2D eigenvalue weighted by atomic mass is 19.1. The summed E-state index contributed by atoms with van der Waals surface area (Å²) < 4.78 is 26.5. The van der Waals surface area contributed by atoms with E-state index in [1.54, 1.807) is 41.2 Å². The molecule has 0 unspecified atom stereocenters. The van der Waals surface area contributed by atoms with Crippen LogP contribution < -0.4 is 4.74 Å². The van der Waals surface area contributed by atoms with E-state index in [0.717, 1.165) is 16.8 Å². The fraction of sp³-hybridized carbons (Fsp3) is 0.320. The Morgan fingerprint density at radius 1 is 1.21 bits per heavy atom. The lowest BCUT2D eigenvalue weighted by atomic mass is 9.91. The standard InChI is InChI=1S/C25H27FN4O3/c1-16-14-29(25(3,4)19-7-9-20(26)10-8-19)24(31)23(33-16)13-18-6-11-21(22(12-18)32-5)30-15-27-17(2)28-30/h6-13,15-16H,14H2,1-5H3/t16-/m0/s1. The molecule has 1 aliphatic rings. The molecular formula is C25H27FN4O3. The molecule has 3 aromatic rings. The highest BCUT2D eigenvalue weighted by Crippen LogP contribution is 2.33. The number of morpholine rings is 1. The van der Waals surface area contributed by atoms with Gasteiger partial charge in [-0.25, -0.2) is 14.1 Å². The molecule has 8 heteroatoms. The summed E-state index contributed by atoms with van der Waals surface area (Å²) in [5.74, 6) is 0.958. The summed E-state index contributed by atoms with van der Waals surface area (Å²) in [6, 6.07) is 11.8. The van der Waals surface area contributed by atoms with Gasteiger partial charge in [0.2, 0.25) is 0 Å². The molecule has 0 N–H and O–H groups in total. The highest BCUT2D eigenvalue weighted by Gasteiger charge is 2.39. The molecule has 0 radical (unpaired) electrons. The molecule has 1 amide bonds. The van der Waals surface area contributed by atoms with Crippen LogP contribution in [0.15, 0.2) is 54.6 Å².